The van der Waals surface area contributed by atoms with E-state index in [1.54, 1.807) is 20.8 Å². The smallest absolute Gasteiger partial charge is 0.340 e. The molecule has 1 N–H and O–H groups in total. The lowest BCUT2D eigenvalue weighted by Gasteiger charge is -2.14. The van der Waals surface area contributed by atoms with Crippen molar-refractivity contribution in [2.75, 3.05) is 13.2 Å². The second-order valence-corrected chi connectivity index (χ2v) is 6.69. The van der Waals surface area contributed by atoms with Gasteiger partial charge in [0.25, 0.3) is 0 Å². The molecule has 138 valence electrons. The van der Waals surface area contributed by atoms with E-state index in [1.165, 1.54) is 0 Å². The molecule has 0 aromatic carbocycles. The molecule has 1 aliphatic heterocycles. The monoisotopic (exact) mass is 358 g/mol. The Hall–Kier alpha value is -2.70. The molecule has 1 saturated heterocycles. The number of esters is 1. The van der Waals surface area contributed by atoms with Crippen LogP contribution in [0.1, 0.15) is 51.9 Å². The fraction of sp³-hybridized carbons (Fsp3) is 0.474. The van der Waals surface area contributed by atoms with Gasteiger partial charge in [-0.05, 0) is 33.6 Å². The molecule has 2 aliphatic rings. The number of carbonyl (C=O) groups excluding carboxylic acids is 4. The zero-order chi connectivity index (χ0) is 19.0. The van der Waals surface area contributed by atoms with Crippen LogP contribution >= 0.6 is 0 Å². The molecule has 7 heteroatoms. The van der Waals surface area contributed by atoms with E-state index in [1.807, 2.05) is 12.2 Å². The number of rotatable bonds is 5. The first kappa shape index (κ1) is 18.1. The number of hydrogen-bond acceptors (Lipinski definition) is 5. The number of ketones is 1. The molecule has 7 nitrogen and oxygen atoms in total. The third-order valence-corrected chi connectivity index (χ3v) is 5.03. The highest BCUT2D eigenvalue weighted by atomic mass is 16.5. The maximum absolute atomic E-state index is 12.9. The van der Waals surface area contributed by atoms with Gasteiger partial charge in [-0.1, -0.05) is 12.2 Å². The Balaban J connectivity index is 1.86. The fourth-order valence-electron chi connectivity index (χ4n) is 3.84. The lowest BCUT2D eigenvalue weighted by atomic mass is 9.85. The van der Waals surface area contributed by atoms with Crippen LogP contribution in [0.25, 0.3) is 0 Å². The van der Waals surface area contributed by atoms with Crippen LogP contribution in [-0.4, -0.2) is 46.6 Å². The van der Waals surface area contributed by atoms with E-state index < -0.39 is 11.8 Å². The van der Waals surface area contributed by atoms with Gasteiger partial charge < -0.3 is 9.72 Å². The average molecular weight is 358 g/mol. The highest BCUT2D eigenvalue weighted by Crippen LogP contribution is 2.35. The van der Waals surface area contributed by atoms with Crippen molar-refractivity contribution in [2.24, 2.45) is 11.8 Å². The van der Waals surface area contributed by atoms with E-state index in [4.69, 9.17) is 4.74 Å². The number of likely N-dealkylation sites (tertiary alicyclic amines) is 1. The number of allylic oxidation sites excluding steroid dienone is 2. The van der Waals surface area contributed by atoms with Crippen LogP contribution in [-0.2, 0) is 14.3 Å². The van der Waals surface area contributed by atoms with E-state index in [-0.39, 0.29) is 47.9 Å². The number of H-pyrrole nitrogens is 1. The minimum Gasteiger partial charge on any atom is -0.462 e. The Morgan fingerprint density at radius 1 is 1.08 bits per heavy atom. The van der Waals surface area contributed by atoms with Crippen molar-refractivity contribution in [2.45, 2.75) is 33.6 Å². The number of hydrogen-bond donors (Lipinski definition) is 1. The highest BCUT2D eigenvalue weighted by Gasteiger charge is 2.48. The highest BCUT2D eigenvalue weighted by molar-refractivity contribution is 6.13. The molecule has 1 aromatic heterocycles. The number of ether oxygens (including phenoxy) is 1. The molecule has 3 rings (SSSR count). The van der Waals surface area contributed by atoms with Crippen LogP contribution in [0.2, 0.25) is 0 Å². The van der Waals surface area contributed by atoms with Gasteiger partial charge in [-0.3, -0.25) is 19.3 Å². The average Bonchev–Trinajstić information content (AvgIpc) is 3.04. The first-order chi connectivity index (χ1) is 12.4. The Morgan fingerprint density at radius 2 is 1.62 bits per heavy atom. The molecule has 1 fully saturated rings. The predicted octanol–water partition coefficient (Wildman–Crippen LogP) is 1.94. The van der Waals surface area contributed by atoms with Crippen LogP contribution < -0.4 is 0 Å². The molecule has 2 amide bonds. The minimum absolute atomic E-state index is 0.174. The Morgan fingerprint density at radius 3 is 2.15 bits per heavy atom. The van der Waals surface area contributed by atoms with Gasteiger partial charge in [-0.15, -0.1) is 0 Å². The topological polar surface area (TPSA) is 96.5 Å². The van der Waals surface area contributed by atoms with E-state index >= 15 is 0 Å². The lowest BCUT2D eigenvalue weighted by Crippen LogP contribution is -2.36. The summed E-state index contributed by atoms with van der Waals surface area (Å²) in [5, 5.41) is 0. The maximum Gasteiger partial charge on any atom is 0.340 e. The fourth-order valence-corrected chi connectivity index (χ4v) is 3.84. The largest absolute Gasteiger partial charge is 0.462 e. The summed E-state index contributed by atoms with van der Waals surface area (Å²) < 4.78 is 5.04. The summed E-state index contributed by atoms with van der Waals surface area (Å²) in [5.74, 6) is -2.39. The molecule has 1 aliphatic carbocycles. The van der Waals surface area contributed by atoms with Crippen LogP contribution in [0.5, 0.6) is 0 Å². The number of aromatic amines is 1. The van der Waals surface area contributed by atoms with Crippen LogP contribution in [0, 0.1) is 25.7 Å². The third kappa shape index (κ3) is 2.87. The predicted molar refractivity (Wildman–Crippen MR) is 92.6 cm³/mol. The SMILES string of the molecule is CCOC(=O)c1c(C)[nH]c(C)c1C(=O)CN1C(=O)[C@@H]2CC=CC[C@H]2C1=O. The number of nitrogens with zero attached hydrogens (tertiary/aromatic N) is 1. The van der Waals surface area contributed by atoms with Crippen LogP contribution in [0.3, 0.4) is 0 Å². The Bertz CT molecular complexity index is 794. The minimum atomic E-state index is -0.588. The Labute approximate surface area is 151 Å². The summed E-state index contributed by atoms with van der Waals surface area (Å²) in [4.78, 5) is 54.2. The number of amides is 2. The molecule has 0 saturated carbocycles. The molecular weight excluding hydrogens is 336 g/mol. The van der Waals surface area contributed by atoms with Gasteiger partial charge in [0.1, 0.15) is 0 Å². The molecule has 2 heterocycles. The third-order valence-electron chi connectivity index (χ3n) is 5.03. The second kappa shape index (κ2) is 6.90. The number of Topliss-reactive ketones (excluding diaryl/α,β-unsaturated/α-hetero) is 1. The number of aryl methyl sites for hydroxylation is 2. The molecule has 26 heavy (non-hydrogen) atoms. The first-order valence-electron chi connectivity index (χ1n) is 8.76. The second-order valence-electron chi connectivity index (χ2n) is 6.69. The number of nitrogens with one attached hydrogen (secondary N) is 1. The summed E-state index contributed by atoms with van der Waals surface area (Å²) in [6.07, 6.45) is 4.85. The number of fused-ring (bicyclic) bond motifs is 1. The summed E-state index contributed by atoms with van der Waals surface area (Å²) >= 11 is 0. The number of aromatic nitrogens is 1. The normalized spacial score (nSPS) is 21.9. The van der Waals surface area contributed by atoms with Crippen molar-refractivity contribution in [3.8, 4) is 0 Å². The molecule has 0 bridgehead atoms. The zero-order valence-corrected chi connectivity index (χ0v) is 15.1. The molecule has 1 aromatic rings. The summed E-state index contributed by atoms with van der Waals surface area (Å²) in [6, 6.07) is 0. The van der Waals surface area contributed by atoms with Gasteiger partial charge in [0.2, 0.25) is 11.8 Å². The first-order valence-corrected chi connectivity index (χ1v) is 8.76. The van der Waals surface area contributed by atoms with E-state index in [9.17, 15) is 19.2 Å². The summed E-state index contributed by atoms with van der Waals surface area (Å²) in [6.45, 7) is 4.89. The van der Waals surface area contributed by atoms with E-state index in [0.717, 1.165) is 4.90 Å². The maximum atomic E-state index is 12.9. The number of imide groups is 1. The van der Waals surface area contributed by atoms with Gasteiger partial charge in [0, 0.05) is 11.4 Å². The molecule has 2 atom stereocenters. The van der Waals surface area contributed by atoms with Crippen molar-refractivity contribution >= 4 is 23.6 Å². The van der Waals surface area contributed by atoms with Crippen LogP contribution in [0.15, 0.2) is 12.2 Å². The lowest BCUT2D eigenvalue weighted by molar-refractivity contribution is -0.139. The van der Waals surface area contributed by atoms with Crippen molar-refractivity contribution in [1.29, 1.82) is 0 Å². The van der Waals surface area contributed by atoms with Crippen molar-refractivity contribution in [1.82, 2.24) is 9.88 Å². The van der Waals surface area contributed by atoms with Crippen molar-refractivity contribution in [3.05, 3.63) is 34.7 Å². The van der Waals surface area contributed by atoms with Gasteiger partial charge in [0.05, 0.1) is 36.1 Å². The quantitative estimate of drug-likeness (QED) is 0.375. The van der Waals surface area contributed by atoms with Gasteiger partial charge in [0.15, 0.2) is 5.78 Å². The summed E-state index contributed by atoms with van der Waals surface area (Å²) in [7, 11) is 0. The molecule has 0 spiro atoms. The van der Waals surface area contributed by atoms with Crippen molar-refractivity contribution in [3.63, 3.8) is 0 Å². The van der Waals surface area contributed by atoms with E-state index in [2.05, 4.69) is 4.98 Å². The van der Waals surface area contributed by atoms with Gasteiger partial charge in [-0.2, -0.15) is 0 Å². The molecule has 0 unspecified atom stereocenters. The van der Waals surface area contributed by atoms with Crippen molar-refractivity contribution < 1.29 is 23.9 Å². The summed E-state index contributed by atoms with van der Waals surface area (Å²) in [5.41, 5.74) is 1.41. The molecular formula is C19H22N2O5. The zero-order valence-electron chi connectivity index (χ0n) is 15.1. The van der Waals surface area contributed by atoms with Gasteiger partial charge >= 0.3 is 5.97 Å². The van der Waals surface area contributed by atoms with Crippen LogP contribution in [0.4, 0.5) is 0 Å². The number of carbonyl (C=O) groups is 4. The molecule has 0 radical (unpaired) electrons. The Kier molecular flexibility index (Phi) is 4.80. The standard InChI is InChI=1S/C19H22N2O5/c1-4-26-19(25)16-11(3)20-10(2)15(16)14(22)9-21-17(23)12-7-5-6-8-13(12)18(21)24/h5-6,12-13,20H,4,7-9H2,1-3H3/t12-,13-/m1/s1. The van der Waals surface area contributed by atoms with Gasteiger partial charge in [-0.25, -0.2) is 4.79 Å². The van der Waals surface area contributed by atoms with E-state index in [0.29, 0.717) is 24.2 Å².